The van der Waals surface area contributed by atoms with Gasteiger partial charge in [0.05, 0.1) is 11.7 Å². The van der Waals surface area contributed by atoms with E-state index in [0.717, 1.165) is 12.1 Å². The average Bonchev–Trinajstić information content (AvgIpc) is 3.31. The van der Waals surface area contributed by atoms with Crippen LogP contribution in [0.2, 0.25) is 0 Å². The van der Waals surface area contributed by atoms with Gasteiger partial charge < -0.3 is 14.4 Å². The van der Waals surface area contributed by atoms with Crippen molar-refractivity contribution in [2.24, 2.45) is 0 Å². The zero-order valence-electron chi connectivity index (χ0n) is 17.0. The average molecular weight is 431 g/mol. The number of aliphatic carboxylic acids is 1. The third-order valence-electron chi connectivity index (χ3n) is 5.41. The van der Waals surface area contributed by atoms with Gasteiger partial charge in [0, 0.05) is 41.8 Å². The first-order valence-electron chi connectivity index (χ1n) is 9.64. The number of nitrogens with zero attached hydrogens (tertiary/aromatic N) is 2. The molecule has 4 aromatic rings. The number of benzene rings is 2. The Kier molecular flexibility index (Phi) is 5.22. The molecule has 31 heavy (non-hydrogen) atoms. The molecule has 0 aliphatic heterocycles. The molecular formula is C22H20F3N3O3. The van der Waals surface area contributed by atoms with Gasteiger partial charge in [-0.2, -0.15) is 5.10 Å². The van der Waals surface area contributed by atoms with E-state index in [1.54, 1.807) is 10.6 Å². The molecule has 0 radical (unpaired) electrons. The first kappa shape index (κ1) is 20.9. The predicted octanol–water partition coefficient (Wildman–Crippen LogP) is 4.69. The van der Waals surface area contributed by atoms with Gasteiger partial charge in [-0.05, 0) is 29.7 Å². The van der Waals surface area contributed by atoms with Crippen LogP contribution in [0.15, 0.2) is 30.5 Å². The van der Waals surface area contributed by atoms with Crippen LogP contribution in [0.1, 0.15) is 31.0 Å². The Morgan fingerprint density at radius 1 is 1.23 bits per heavy atom. The number of ether oxygens (including phenoxy) is 1. The summed E-state index contributed by atoms with van der Waals surface area (Å²) >= 11 is 0. The van der Waals surface area contributed by atoms with Crippen LogP contribution in [-0.2, 0) is 16.0 Å². The molecule has 0 spiro atoms. The maximum Gasteiger partial charge on any atom is 0.333 e. The summed E-state index contributed by atoms with van der Waals surface area (Å²) in [5, 5.41) is 16.7. The van der Waals surface area contributed by atoms with Gasteiger partial charge in [0.15, 0.2) is 23.6 Å². The van der Waals surface area contributed by atoms with Crippen molar-refractivity contribution in [1.82, 2.24) is 14.8 Å². The third kappa shape index (κ3) is 3.34. The van der Waals surface area contributed by atoms with Crippen LogP contribution in [0.4, 0.5) is 13.2 Å². The van der Waals surface area contributed by atoms with Crippen molar-refractivity contribution < 1.29 is 27.8 Å². The van der Waals surface area contributed by atoms with Gasteiger partial charge in [-0.25, -0.2) is 18.0 Å². The second-order valence-electron chi connectivity index (χ2n) is 7.64. The molecule has 0 amide bonds. The molecule has 0 fully saturated rings. The van der Waals surface area contributed by atoms with Crippen molar-refractivity contribution in [1.29, 1.82) is 0 Å². The fraction of sp³-hybridized carbons (Fsp3) is 0.273. The lowest BCUT2D eigenvalue weighted by Crippen LogP contribution is -2.25. The van der Waals surface area contributed by atoms with Crippen molar-refractivity contribution in [3.63, 3.8) is 0 Å². The van der Waals surface area contributed by atoms with Crippen LogP contribution in [-0.4, -0.2) is 39.1 Å². The number of methoxy groups -OCH3 is 1. The number of H-pyrrole nitrogens is 1. The highest BCUT2D eigenvalue weighted by molar-refractivity contribution is 5.99. The summed E-state index contributed by atoms with van der Waals surface area (Å²) in [5.74, 6) is -4.02. The van der Waals surface area contributed by atoms with Crippen molar-refractivity contribution in [2.45, 2.75) is 32.3 Å². The van der Waals surface area contributed by atoms with Crippen molar-refractivity contribution >= 4 is 27.8 Å². The van der Waals surface area contributed by atoms with Crippen LogP contribution in [0.3, 0.4) is 0 Å². The number of rotatable bonds is 6. The van der Waals surface area contributed by atoms with Crippen LogP contribution >= 0.6 is 0 Å². The molecule has 2 N–H and O–H groups in total. The lowest BCUT2D eigenvalue weighted by molar-refractivity contribution is -0.148. The number of carboxylic acid groups (broad SMARTS) is 1. The van der Waals surface area contributed by atoms with Crippen LogP contribution in [0.25, 0.3) is 27.5 Å². The molecule has 4 rings (SSSR count). The molecule has 0 saturated heterocycles. The van der Waals surface area contributed by atoms with Crippen molar-refractivity contribution in [2.75, 3.05) is 7.11 Å². The summed E-state index contributed by atoms with van der Waals surface area (Å²) in [5.41, 5.74) is 1.89. The normalized spacial score (nSPS) is 12.9. The third-order valence-corrected chi connectivity index (χ3v) is 5.41. The molecule has 6 nitrogen and oxygen atoms in total. The van der Waals surface area contributed by atoms with E-state index in [2.05, 4.69) is 10.2 Å². The predicted molar refractivity (Wildman–Crippen MR) is 109 cm³/mol. The summed E-state index contributed by atoms with van der Waals surface area (Å²) < 4.78 is 50.0. The molecule has 0 bridgehead atoms. The zero-order chi connectivity index (χ0) is 22.4. The molecule has 2 heterocycles. The monoisotopic (exact) mass is 431 g/mol. The molecule has 2 aromatic carbocycles. The lowest BCUT2D eigenvalue weighted by atomic mass is 9.97. The van der Waals surface area contributed by atoms with Gasteiger partial charge in [0.25, 0.3) is 0 Å². The SMILES string of the molecule is COC(Cc1c(C(C)C)n(-c2ccc(F)c(F)c2)c2cc3cn[nH]c3c(F)c12)C(=O)O. The number of aromatic nitrogens is 3. The Morgan fingerprint density at radius 2 is 1.97 bits per heavy atom. The number of carbonyl (C=O) groups is 1. The van der Waals surface area contributed by atoms with Gasteiger partial charge in [0.2, 0.25) is 0 Å². The van der Waals surface area contributed by atoms with Crippen molar-refractivity contribution in [3.8, 4) is 5.69 Å². The minimum Gasteiger partial charge on any atom is -0.479 e. The molecule has 9 heteroatoms. The van der Waals surface area contributed by atoms with E-state index in [9.17, 15) is 18.7 Å². The second kappa shape index (κ2) is 7.73. The Morgan fingerprint density at radius 3 is 2.58 bits per heavy atom. The number of halogens is 3. The highest BCUT2D eigenvalue weighted by Crippen LogP contribution is 2.39. The van der Waals surface area contributed by atoms with Crippen LogP contribution in [0, 0.1) is 17.5 Å². The number of fused-ring (bicyclic) bond motifs is 2. The number of aromatic amines is 1. The smallest absolute Gasteiger partial charge is 0.333 e. The van der Waals surface area contributed by atoms with Gasteiger partial charge in [-0.1, -0.05) is 13.8 Å². The van der Waals surface area contributed by atoms with Crippen LogP contribution in [0.5, 0.6) is 0 Å². The molecule has 1 unspecified atom stereocenters. The first-order valence-corrected chi connectivity index (χ1v) is 9.64. The highest BCUT2D eigenvalue weighted by Gasteiger charge is 2.29. The number of nitrogens with one attached hydrogen (secondary N) is 1. The Hall–Kier alpha value is -3.33. The molecule has 2 aromatic heterocycles. The van der Waals surface area contributed by atoms with E-state index in [-0.39, 0.29) is 23.2 Å². The summed E-state index contributed by atoms with van der Waals surface area (Å²) in [7, 11) is 1.27. The van der Waals surface area contributed by atoms with Crippen molar-refractivity contribution in [3.05, 3.63) is 59.2 Å². The van der Waals surface area contributed by atoms with Gasteiger partial charge in [-0.3, -0.25) is 5.10 Å². The maximum absolute atomic E-state index is 15.6. The Balaban J connectivity index is 2.14. The largest absolute Gasteiger partial charge is 0.479 e. The van der Waals surface area contributed by atoms with Gasteiger partial charge in [0.1, 0.15) is 5.52 Å². The zero-order valence-corrected chi connectivity index (χ0v) is 17.0. The number of hydrogen-bond donors (Lipinski definition) is 2. The van der Waals surface area contributed by atoms with Gasteiger partial charge >= 0.3 is 5.97 Å². The summed E-state index contributed by atoms with van der Waals surface area (Å²) in [6.07, 6.45) is 0.145. The number of carboxylic acids is 1. The molecule has 0 aliphatic carbocycles. The van der Waals surface area contributed by atoms with E-state index in [0.29, 0.717) is 27.8 Å². The first-order chi connectivity index (χ1) is 14.7. The molecule has 0 saturated carbocycles. The standard InChI is InChI=1S/C22H20F3N3O3/c1-10(2)21-13(8-17(31-3)22(29)30)18-16(6-11-9-26-27-20(11)19(18)25)28(21)12-4-5-14(23)15(24)7-12/h4-7,9-10,17H,8H2,1-3H3,(H,26,27)(H,29,30). The number of hydrogen-bond acceptors (Lipinski definition) is 3. The van der Waals surface area contributed by atoms with E-state index in [1.807, 2.05) is 13.8 Å². The molecule has 162 valence electrons. The summed E-state index contributed by atoms with van der Waals surface area (Å²) in [6, 6.07) is 5.13. The quantitative estimate of drug-likeness (QED) is 0.464. The van der Waals surface area contributed by atoms with E-state index >= 15 is 4.39 Å². The molecule has 0 aliphatic rings. The summed E-state index contributed by atoms with van der Waals surface area (Å²) in [6.45, 7) is 3.73. The highest BCUT2D eigenvalue weighted by atomic mass is 19.2. The fourth-order valence-electron chi connectivity index (χ4n) is 4.07. The van der Waals surface area contributed by atoms with E-state index in [4.69, 9.17) is 4.74 Å². The lowest BCUT2D eigenvalue weighted by Gasteiger charge is -2.17. The Bertz CT molecular complexity index is 1310. The Labute approximate surface area is 175 Å². The maximum atomic E-state index is 15.6. The topological polar surface area (TPSA) is 80.1 Å². The van der Waals surface area contributed by atoms with Gasteiger partial charge in [-0.15, -0.1) is 0 Å². The van der Waals surface area contributed by atoms with E-state index < -0.39 is 29.5 Å². The van der Waals surface area contributed by atoms with Crippen LogP contribution < -0.4 is 0 Å². The second-order valence-corrected chi connectivity index (χ2v) is 7.64. The van der Waals surface area contributed by atoms with E-state index in [1.165, 1.54) is 19.4 Å². The minimum atomic E-state index is -1.21. The molecule has 1 atom stereocenters. The fourth-order valence-corrected chi connectivity index (χ4v) is 4.07. The summed E-state index contributed by atoms with van der Waals surface area (Å²) in [4.78, 5) is 11.6. The minimum absolute atomic E-state index is 0.108. The molecular weight excluding hydrogens is 411 g/mol.